The zero-order valence-electron chi connectivity index (χ0n) is 13.6. The number of carbonyl (C=O) groups is 1. The van der Waals surface area contributed by atoms with E-state index in [0.717, 1.165) is 18.7 Å². The van der Waals surface area contributed by atoms with Crippen LogP contribution in [-0.4, -0.2) is 28.4 Å². The van der Waals surface area contributed by atoms with Gasteiger partial charge in [-0.3, -0.25) is 4.79 Å². The molecular formula is C15H17F3N4OS2. The highest BCUT2D eigenvalue weighted by Gasteiger charge is 2.29. The third-order valence-electron chi connectivity index (χ3n) is 2.89. The first-order valence-corrected chi connectivity index (χ1v) is 9.21. The summed E-state index contributed by atoms with van der Waals surface area (Å²) in [5.41, 5.74) is -0.440. The molecule has 0 unspecified atom stereocenters. The molecule has 2 aromatic rings. The SMILES string of the molecule is CC(C)CNc1nnc(SCC(=O)Nc2ccc(C(F)(F)F)cc2)s1. The molecule has 0 saturated heterocycles. The van der Waals surface area contributed by atoms with Crippen LogP contribution in [0.3, 0.4) is 0 Å². The van der Waals surface area contributed by atoms with Gasteiger partial charge in [0.2, 0.25) is 11.0 Å². The molecule has 0 radical (unpaired) electrons. The van der Waals surface area contributed by atoms with E-state index in [1.807, 2.05) is 0 Å². The van der Waals surface area contributed by atoms with Gasteiger partial charge in [-0.15, -0.1) is 10.2 Å². The Balaban J connectivity index is 1.81. The molecule has 0 fully saturated rings. The quantitative estimate of drug-likeness (QED) is 0.688. The number of aromatic nitrogens is 2. The van der Waals surface area contributed by atoms with E-state index < -0.39 is 11.7 Å². The predicted octanol–water partition coefficient (Wildman–Crippen LogP) is 4.36. The number of nitrogens with zero attached hydrogens (tertiary/aromatic N) is 2. The summed E-state index contributed by atoms with van der Waals surface area (Å²) < 4.78 is 38.1. The first kappa shape index (κ1) is 19.5. The summed E-state index contributed by atoms with van der Waals surface area (Å²) in [5.74, 6) is 0.256. The van der Waals surface area contributed by atoms with E-state index in [1.54, 1.807) is 0 Å². The average Bonchev–Trinajstić information content (AvgIpc) is 2.98. The van der Waals surface area contributed by atoms with Crippen LogP contribution in [0.2, 0.25) is 0 Å². The van der Waals surface area contributed by atoms with Crippen molar-refractivity contribution in [1.82, 2.24) is 10.2 Å². The van der Waals surface area contributed by atoms with Crippen molar-refractivity contribution in [2.24, 2.45) is 5.92 Å². The summed E-state index contributed by atoms with van der Waals surface area (Å²) in [6.07, 6.45) is -4.39. The molecule has 1 amide bonds. The molecule has 0 saturated carbocycles. The Labute approximate surface area is 151 Å². The summed E-state index contributed by atoms with van der Waals surface area (Å²) in [5, 5.41) is 14.4. The van der Waals surface area contributed by atoms with Gasteiger partial charge in [0, 0.05) is 12.2 Å². The molecule has 25 heavy (non-hydrogen) atoms. The van der Waals surface area contributed by atoms with E-state index in [9.17, 15) is 18.0 Å². The second-order valence-corrected chi connectivity index (χ2v) is 7.76. The number of benzene rings is 1. The summed E-state index contributed by atoms with van der Waals surface area (Å²) in [6, 6.07) is 4.31. The zero-order valence-corrected chi connectivity index (χ0v) is 15.2. The van der Waals surface area contributed by atoms with Crippen molar-refractivity contribution in [3.05, 3.63) is 29.8 Å². The molecule has 1 heterocycles. The summed E-state index contributed by atoms with van der Waals surface area (Å²) in [4.78, 5) is 11.9. The fourth-order valence-corrected chi connectivity index (χ4v) is 3.26. The van der Waals surface area contributed by atoms with Crippen LogP contribution in [-0.2, 0) is 11.0 Å². The Morgan fingerprint density at radius 3 is 2.52 bits per heavy atom. The van der Waals surface area contributed by atoms with Crippen molar-refractivity contribution in [1.29, 1.82) is 0 Å². The summed E-state index contributed by atoms with van der Waals surface area (Å²) in [6.45, 7) is 4.94. The van der Waals surface area contributed by atoms with Crippen molar-refractivity contribution in [2.45, 2.75) is 24.4 Å². The standard InChI is InChI=1S/C15H17F3N4OS2/c1-9(2)7-19-13-21-22-14(25-13)24-8-12(23)20-11-5-3-10(4-6-11)15(16,17)18/h3-6,9H,7-8H2,1-2H3,(H,19,21)(H,20,23). The summed E-state index contributed by atoms with van der Waals surface area (Å²) in [7, 11) is 0. The van der Waals surface area contributed by atoms with Gasteiger partial charge in [0.1, 0.15) is 0 Å². The van der Waals surface area contributed by atoms with E-state index in [-0.39, 0.29) is 11.7 Å². The molecule has 5 nitrogen and oxygen atoms in total. The lowest BCUT2D eigenvalue weighted by atomic mass is 10.2. The first-order valence-electron chi connectivity index (χ1n) is 7.41. The monoisotopic (exact) mass is 390 g/mol. The number of hydrogen-bond donors (Lipinski definition) is 2. The molecule has 1 aromatic heterocycles. The Kier molecular flexibility index (Phi) is 6.65. The highest BCUT2D eigenvalue weighted by Crippen LogP contribution is 2.30. The molecule has 0 aliphatic rings. The Morgan fingerprint density at radius 2 is 1.92 bits per heavy atom. The number of halogens is 3. The Hall–Kier alpha value is -1.81. The topological polar surface area (TPSA) is 66.9 Å². The van der Waals surface area contributed by atoms with Crippen molar-refractivity contribution < 1.29 is 18.0 Å². The van der Waals surface area contributed by atoms with Gasteiger partial charge in [0.05, 0.1) is 11.3 Å². The molecule has 0 spiro atoms. The van der Waals surface area contributed by atoms with Crippen LogP contribution in [0, 0.1) is 5.92 Å². The van der Waals surface area contributed by atoms with E-state index in [0.29, 0.717) is 21.1 Å². The lowest BCUT2D eigenvalue weighted by Gasteiger charge is -2.08. The number of carbonyl (C=O) groups excluding carboxylic acids is 1. The van der Waals surface area contributed by atoms with Gasteiger partial charge in [-0.25, -0.2) is 0 Å². The van der Waals surface area contributed by atoms with Crippen molar-refractivity contribution in [2.75, 3.05) is 22.9 Å². The number of amides is 1. The van der Waals surface area contributed by atoms with E-state index in [1.165, 1.54) is 35.2 Å². The smallest absolute Gasteiger partial charge is 0.360 e. The minimum Gasteiger partial charge on any atom is -0.360 e. The number of hydrogen-bond acceptors (Lipinski definition) is 6. The van der Waals surface area contributed by atoms with Crippen LogP contribution in [0.5, 0.6) is 0 Å². The first-order chi connectivity index (χ1) is 11.7. The van der Waals surface area contributed by atoms with Gasteiger partial charge in [-0.1, -0.05) is 36.9 Å². The molecule has 0 atom stereocenters. The number of thioether (sulfide) groups is 1. The molecule has 0 bridgehead atoms. The van der Waals surface area contributed by atoms with E-state index in [4.69, 9.17) is 0 Å². The lowest BCUT2D eigenvalue weighted by molar-refractivity contribution is -0.137. The third-order valence-corrected chi connectivity index (χ3v) is 4.91. The maximum atomic E-state index is 12.5. The van der Waals surface area contributed by atoms with E-state index in [2.05, 4.69) is 34.7 Å². The van der Waals surface area contributed by atoms with Crippen LogP contribution >= 0.6 is 23.1 Å². The summed E-state index contributed by atoms with van der Waals surface area (Å²) >= 11 is 2.58. The fourth-order valence-electron chi connectivity index (χ4n) is 1.70. The molecule has 2 N–H and O–H groups in total. The van der Waals surface area contributed by atoms with Crippen LogP contribution in [0.1, 0.15) is 19.4 Å². The van der Waals surface area contributed by atoms with Crippen LogP contribution < -0.4 is 10.6 Å². The largest absolute Gasteiger partial charge is 0.416 e. The third kappa shape index (κ3) is 6.54. The van der Waals surface area contributed by atoms with Crippen LogP contribution in [0.25, 0.3) is 0 Å². The van der Waals surface area contributed by atoms with Gasteiger partial charge < -0.3 is 10.6 Å². The molecule has 1 aromatic carbocycles. The molecular weight excluding hydrogens is 373 g/mol. The highest BCUT2D eigenvalue weighted by atomic mass is 32.2. The van der Waals surface area contributed by atoms with Crippen molar-refractivity contribution in [3.8, 4) is 0 Å². The van der Waals surface area contributed by atoms with Gasteiger partial charge >= 0.3 is 6.18 Å². The van der Waals surface area contributed by atoms with E-state index >= 15 is 0 Å². The fraction of sp³-hybridized carbons (Fsp3) is 0.400. The normalized spacial score (nSPS) is 11.6. The van der Waals surface area contributed by atoms with Gasteiger partial charge in [0.15, 0.2) is 4.34 Å². The second-order valence-electron chi connectivity index (χ2n) is 5.56. The van der Waals surface area contributed by atoms with Crippen molar-refractivity contribution >= 4 is 39.8 Å². The number of alkyl halides is 3. The molecule has 2 rings (SSSR count). The molecule has 136 valence electrons. The van der Waals surface area contributed by atoms with Gasteiger partial charge in [-0.05, 0) is 30.2 Å². The Morgan fingerprint density at radius 1 is 1.24 bits per heavy atom. The second kappa shape index (κ2) is 8.52. The van der Waals surface area contributed by atoms with Gasteiger partial charge in [0.25, 0.3) is 0 Å². The van der Waals surface area contributed by atoms with Crippen molar-refractivity contribution in [3.63, 3.8) is 0 Å². The average molecular weight is 390 g/mol. The number of rotatable bonds is 7. The molecule has 10 heteroatoms. The molecule has 0 aliphatic heterocycles. The minimum absolute atomic E-state index is 0.0971. The lowest BCUT2D eigenvalue weighted by Crippen LogP contribution is -2.14. The maximum absolute atomic E-state index is 12.5. The Bertz CT molecular complexity index is 702. The van der Waals surface area contributed by atoms with Crippen LogP contribution in [0.4, 0.5) is 24.0 Å². The number of anilines is 2. The highest BCUT2D eigenvalue weighted by molar-refractivity contribution is 8.01. The predicted molar refractivity (Wildman–Crippen MR) is 94.0 cm³/mol. The minimum atomic E-state index is -4.39. The maximum Gasteiger partial charge on any atom is 0.416 e. The number of nitrogens with one attached hydrogen (secondary N) is 2. The molecule has 0 aliphatic carbocycles. The van der Waals surface area contributed by atoms with Crippen LogP contribution in [0.15, 0.2) is 28.6 Å². The van der Waals surface area contributed by atoms with Gasteiger partial charge in [-0.2, -0.15) is 13.2 Å². The zero-order chi connectivity index (χ0) is 18.4.